The normalized spacial score (nSPS) is 16.7. The molecule has 2 N–H and O–H groups in total. The van der Waals surface area contributed by atoms with Crippen molar-refractivity contribution in [1.82, 2.24) is 9.78 Å². The molecule has 1 aromatic heterocycles. The molecule has 0 bridgehead atoms. The number of anilines is 1. The lowest BCUT2D eigenvalue weighted by Gasteiger charge is -2.38. The van der Waals surface area contributed by atoms with Crippen molar-refractivity contribution in [3.05, 3.63) is 15.8 Å². The molecule has 0 spiro atoms. The highest BCUT2D eigenvalue weighted by Crippen LogP contribution is 2.39. The van der Waals surface area contributed by atoms with Crippen LogP contribution in [0.25, 0.3) is 0 Å². The summed E-state index contributed by atoms with van der Waals surface area (Å²) in [5.74, 6) is -0.790. The van der Waals surface area contributed by atoms with Crippen molar-refractivity contribution in [2.24, 2.45) is 0 Å². The second-order valence-electron chi connectivity index (χ2n) is 4.72. The molecule has 0 unspecified atom stereocenters. The fourth-order valence-corrected chi connectivity index (χ4v) is 2.29. The Bertz CT molecular complexity index is 533. The van der Waals surface area contributed by atoms with Gasteiger partial charge in [-0.15, -0.1) is 0 Å². The summed E-state index contributed by atoms with van der Waals surface area (Å²) in [4.78, 5) is 21.9. The lowest BCUT2D eigenvalue weighted by molar-refractivity contribution is -0.384. The number of carboxylic acid groups (broad SMARTS) is 1. The number of hydrogen-bond acceptors (Lipinski definition) is 5. The van der Waals surface area contributed by atoms with Gasteiger partial charge in [-0.05, 0) is 33.1 Å². The van der Waals surface area contributed by atoms with Crippen LogP contribution in [0.15, 0.2) is 0 Å². The predicted molar refractivity (Wildman–Crippen MR) is 67.1 cm³/mol. The monoisotopic (exact) mass is 268 g/mol. The molecule has 1 aliphatic carbocycles. The van der Waals surface area contributed by atoms with Crippen molar-refractivity contribution in [3.63, 3.8) is 0 Å². The largest absolute Gasteiger partial charge is 0.480 e. The van der Waals surface area contributed by atoms with E-state index in [4.69, 9.17) is 0 Å². The maximum atomic E-state index is 11.3. The van der Waals surface area contributed by atoms with E-state index in [0.29, 0.717) is 19.4 Å². The van der Waals surface area contributed by atoms with Crippen molar-refractivity contribution in [1.29, 1.82) is 0 Å². The Morgan fingerprint density at radius 3 is 2.63 bits per heavy atom. The summed E-state index contributed by atoms with van der Waals surface area (Å²) >= 11 is 0. The standard InChI is InChI=1S/C11H16N4O4/c1-3-14-9(8(15(18)19)7(2)13-14)12-11(10(16)17)5-4-6-11/h12H,3-6H2,1-2H3,(H,16,17). The fourth-order valence-electron chi connectivity index (χ4n) is 2.29. The zero-order valence-electron chi connectivity index (χ0n) is 10.8. The third kappa shape index (κ3) is 2.02. The molecule has 0 aromatic carbocycles. The van der Waals surface area contributed by atoms with Crippen LogP contribution in [0, 0.1) is 17.0 Å². The smallest absolute Gasteiger partial charge is 0.333 e. The summed E-state index contributed by atoms with van der Waals surface area (Å²) < 4.78 is 1.44. The van der Waals surface area contributed by atoms with E-state index >= 15 is 0 Å². The Kier molecular flexibility index (Phi) is 3.17. The van der Waals surface area contributed by atoms with E-state index in [-0.39, 0.29) is 17.2 Å². The maximum absolute atomic E-state index is 11.3. The molecule has 0 aliphatic heterocycles. The van der Waals surface area contributed by atoms with Crippen LogP contribution >= 0.6 is 0 Å². The van der Waals surface area contributed by atoms with Crippen molar-refractivity contribution in [2.45, 2.75) is 45.2 Å². The molecule has 1 fully saturated rings. The molecule has 8 heteroatoms. The van der Waals surface area contributed by atoms with Gasteiger partial charge in [-0.1, -0.05) is 0 Å². The molecule has 2 rings (SSSR count). The Labute approximate surface area is 109 Å². The third-order valence-corrected chi connectivity index (χ3v) is 3.55. The maximum Gasteiger partial charge on any atom is 0.333 e. The Hall–Kier alpha value is -2.12. The highest BCUT2D eigenvalue weighted by Gasteiger charge is 2.46. The summed E-state index contributed by atoms with van der Waals surface area (Å²) in [6, 6.07) is 0. The number of hydrogen-bond donors (Lipinski definition) is 2. The Morgan fingerprint density at radius 2 is 2.26 bits per heavy atom. The molecular formula is C11H16N4O4. The summed E-state index contributed by atoms with van der Waals surface area (Å²) in [5, 5.41) is 27.3. The van der Waals surface area contributed by atoms with Gasteiger partial charge >= 0.3 is 11.7 Å². The van der Waals surface area contributed by atoms with Crippen LogP contribution in [0.1, 0.15) is 31.9 Å². The Morgan fingerprint density at radius 1 is 1.63 bits per heavy atom. The number of carboxylic acids is 1. The highest BCUT2D eigenvalue weighted by atomic mass is 16.6. The number of aryl methyl sites for hydroxylation is 2. The quantitative estimate of drug-likeness (QED) is 0.619. The van der Waals surface area contributed by atoms with E-state index in [2.05, 4.69) is 10.4 Å². The number of carbonyl (C=O) groups is 1. The van der Waals surface area contributed by atoms with Crippen LogP contribution in [-0.2, 0) is 11.3 Å². The predicted octanol–water partition coefficient (Wildman–Crippen LogP) is 1.54. The van der Waals surface area contributed by atoms with Gasteiger partial charge in [-0.3, -0.25) is 10.1 Å². The minimum absolute atomic E-state index is 0.144. The molecule has 1 aromatic rings. The fraction of sp³-hybridized carbons (Fsp3) is 0.636. The van der Waals surface area contributed by atoms with Crippen LogP contribution in [0.3, 0.4) is 0 Å². The molecule has 0 radical (unpaired) electrons. The SMILES string of the molecule is CCn1nc(C)c([N+](=O)[O-])c1NC1(C(=O)O)CCC1. The average Bonchev–Trinajstić information content (AvgIpc) is 2.59. The molecule has 8 nitrogen and oxygen atoms in total. The van der Waals surface area contributed by atoms with Crippen LogP contribution in [-0.4, -0.2) is 31.3 Å². The molecule has 1 saturated carbocycles. The van der Waals surface area contributed by atoms with Crippen LogP contribution < -0.4 is 5.32 Å². The molecule has 1 aliphatic rings. The van der Waals surface area contributed by atoms with Crippen molar-refractivity contribution >= 4 is 17.5 Å². The van der Waals surface area contributed by atoms with Crippen LogP contribution in [0.5, 0.6) is 0 Å². The minimum Gasteiger partial charge on any atom is -0.480 e. The summed E-state index contributed by atoms with van der Waals surface area (Å²) in [6.45, 7) is 3.78. The first kappa shape index (κ1) is 13.3. The lowest BCUT2D eigenvalue weighted by atomic mass is 9.77. The molecule has 0 amide bonds. The first-order valence-corrected chi connectivity index (χ1v) is 6.14. The average molecular weight is 268 g/mol. The number of nitrogens with zero attached hydrogens (tertiary/aromatic N) is 3. The van der Waals surface area contributed by atoms with E-state index in [0.717, 1.165) is 6.42 Å². The van der Waals surface area contributed by atoms with Gasteiger partial charge in [0.25, 0.3) is 0 Å². The topological polar surface area (TPSA) is 110 Å². The molecule has 0 saturated heterocycles. The highest BCUT2D eigenvalue weighted by molar-refractivity contribution is 5.84. The minimum atomic E-state index is -1.09. The van der Waals surface area contributed by atoms with E-state index in [1.54, 1.807) is 13.8 Å². The van der Waals surface area contributed by atoms with E-state index < -0.39 is 16.4 Å². The third-order valence-electron chi connectivity index (χ3n) is 3.55. The van der Waals surface area contributed by atoms with Crippen molar-refractivity contribution < 1.29 is 14.8 Å². The molecule has 19 heavy (non-hydrogen) atoms. The molecular weight excluding hydrogens is 252 g/mol. The van der Waals surface area contributed by atoms with E-state index in [1.165, 1.54) is 4.68 Å². The van der Waals surface area contributed by atoms with Gasteiger partial charge in [0.15, 0.2) is 0 Å². The molecule has 104 valence electrons. The number of rotatable bonds is 5. The van der Waals surface area contributed by atoms with Crippen molar-refractivity contribution in [2.75, 3.05) is 5.32 Å². The van der Waals surface area contributed by atoms with Gasteiger partial charge in [-0.2, -0.15) is 5.10 Å². The summed E-state index contributed by atoms with van der Waals surface area (Å²) in [6.07, 6.45) is 1.73. The molecule has 1 heterocycles. The second-order valence-corrected chi connectivity index (χ2v) is 4.72. The summed E-state index contributed by atoms with van der Waals surface area (Å²) in [5.41, 5.74) is -0.951. The summed E-state index contributed by atoms with van der Waals surface area (Å²) in [7, 11) is 0. The van der Waals surface area contributed by atoms with Gasteiger partial charge in [0.2, 0.25) is 5.82 Å². The number of nitrogens with one attached hydrogen (secondary N) is 1. The number of aliphatic carboxylic acids is 1. The second kappa shape index (κ2) is 4.52. The van der Waals surface area contributed by atoms with Gasteiger partial charge in [0, 0.05) is 6.54 Å². The van der Waals surface area contributed by atoms with Crippen LogP contribution in [0.2, 0.25) is 0 Å². The van der Waals surface area contributed by atoms with Gasteiger partial charge in [0.1, 0.15) is 11.2 Å². The van der Waals surface area contributed by atoms with Gasteiger partial charge < -0.3 is 10.4 Å². The first-order valence-electron chi connectivity index (χ1n) is 6.14. The van der Waals surface area contributed by atoms with Gasteiger partial charge in [-0.25, -0.2) is 9.48 Å². The number of aromatic nitrogens is 2. The zero-order valence-corrected chi connectivity index (χ0v) is 10.8. The van der Waals surface area contributed by atoms with Gasteiger partial charge in [0.05, 0.1) is 4.92 Å². The van der Waals surface area contributed by atoms with E-state index in [1.807, 2.05) is 0 Å². The molecule has 0 atom stereocenters. The van der Waals surface area contributed by atoms with E-state index in [9.17, 15) is 20.0 Å². The Balaban J connectivity index is 2.43. The van der Waals surface area contributed by atoms with Crippen molar-refractivity contribution in [3.8, 4) is 0 Å². The first-order chi connectivity index (χ1) is 8.91. The number of nitro groups is 1. The van der Waals surface area contributed by atoms with Crippen LogP contribution in [0.4, 0.5) is 11.5 Å². The lowest BCUT2D eigenvalue weighted by Crippen LogP contribution is -2.52. The zero-order chi connectivity index (χ0) is 14.2.